The summed E-state index contributed by atoms with van der Waals surface area (Å²) in [5.74, 6) is -0.705. The Kier molecular flexibility index (Phi) is 10.8. The summed E-state index contributed by atoms with van der Waals surface area (Å²) in [5.41, 5.74) is 5.76. The highest BCUT2D eigenvalue weighted by molar-refractivity contribution is 6.07. The molecule has 10 nitrogen and oxygen atoms in total. The second-order valence-corrected chi connectivity index (χ2v) is 13.3. The monoisotopic (exact) mass is 731 g/mol. The van der Waals surface area contributed by atoms with Crippen LogP contribution in [-0.4, -0.2) is 63.5 Å². The lowest BCUT2D eigenvalue weighted by molar-refractivity contribution is 0.102. The predicted octanol–water partition coefficient (Wildman–Crippen LogP) is 9.04. The normalized spacial score (nSPS) is 13.6. The van der Waals surface area contributed by atoms with E-state index in [1.807, 2.05) is 28.8 Å². The van der Waals surface area contributed by atoms with Crippen LogP contribution in [0.3, 0.4) is 0 Å². The zero-order valence-electron chi connectivity index (χ0n) is 30.8. The molecule has 0 radical (unpaired) electrons. The van der Waals surface area contributed by atoms with Gasteiger partial charge in [0.05, 0.1) is 42.0 Å². The molecule has 54 heavy (non-hydrogen) atoms. The van der Waals surface area contributed by atoms with Crippen LogP contribution in [0.25, 0.3) is 28.3 Å². The molecule has 7 rings (SSSR count). The number of imidazole rings is 1. The summed E-state index contributed by atoms with van der Waals surface area (Å²) in [5, 5.41) is 5.77. The number of piperidine rings is 1. The molecule has 0 unspecified atom stereocenters. The molecule has 0 atom stereocenters. The molecule has 12 heteroatoms. The average Bonchev–Trinajstić information content (AvgIpc) is 3.57. The van der Waals surface area contributed by atoms with Gasteiger partial charge in [0.2, 0.25) is 5.95 Å². The number of hydrogen-bond acceptors (Lipinski definition) is 8. The summed E-state index contributed by atoms with van der Waals surface area (Å²) < 4.78 is 42.6. The third kappa shape index (κ3) is 7.47. The first kappa shape index (κ1) is 36.5. The largest absolute Gasteiger partial charge is 0.495 e. The first-order valence-electron chi connectivity index (χ1n) is 18.3. The van der Waals surface area contributed by atoms with Crippen molar-refractivity contribution in [2.24, 2.45) is 0 Å². The van der Waals surface area contributed by atoms with Crippen molar-refractivity contribution >= 4 is 28.9 Å². The number of methoxy groups -OCH3 is 1. The Labute approximate surface area is 313 Å². The van der Waals surface area contributed by atoms with Gasteiger partial charge in [-0.25, -0.2) is 23.7 Å². The number of pyridine rings is 1. The summed E-state index contributed by atoms with van der Waals surface area (Å²) in [6, 6.07) is 20.1. The highest BCUT2D eigenvalue weighted by Crippen LogP contribution is 2.39. The van der Waals surface area contributed by atoms with E-state index in [0.29, 0.717) is 45.9 Å². The van der Waals surface area contributed by atoms with Gasteiger partial charge in [0.25, 0.3) is 5.91 Å². The molecule has 1 fully saturated rings. The number of ether oxygens (including phenoxy) is 2. The lowest BCUT2D eigenvalue weighted by Crippen LogP contribution is -2.33. The zero-order valence-corrected chi connectivity index (χ0v) is 30.8. The van der Waals surface area contributed by atoms with Gasteiger partial charge in [-0.2, -0.15) is 0 Å². The Bertz CT molecular complexity index is 2280. The van der Waals surface area contributed by atoms with E-state index < -0.39 is 23.2 Å². The summed E-state index contributed by atoms with van der Waals surface area (Å²) in [4.78, 5) is 30.5. The fourth-order valence-corrected chi connectivity index (χ4v) is 7.24. The molecule has 2 N–H and O–H groups in total. The van der Waals surface area contributed by atoms with Gasteiger partial charge >= 0.3 is 0 Å². The highest BCUT2D eigenvalue weighted by Gasteiger charge is 2.25. The van der Waals surface area contributed by atoms with Crippen LogP contribution in [-0.2, 0) is 0 Å². The first-order chi connectivity index (χ1) is 26.3. The minimum absolute atomic E-state index is 0.0856. The number of fused-ring (bicyclic) bond motifs is 1. The Morgan fingerprint density at radius 3 is 2.48 bits per heavy atom. The Morgan fingerprint density at radius 1 is 0.944 bits per heavy atom. The van der Waals surface area contributed by atoms with Crippen molar-refractivity contribution in [2.45, 2.75) is 46.0 Å². The fraction of sp³-hybridized carbons (Fsp3) is 0.286. The topological polar surface area (TPSA) is 106 Å². The van der Waals surface area contributed by atoms with Crippen LogP contribution in [0.4, 0.5) is 26.1 Å². The number of anilines is 3. The minimum atomic E-state index is -0.889. The predicted molar refractivity (Wildman–Crippen MR) is 207 cm³/mol. The SMILES string of the molecule is CCCN1CCC(c2cc(OC)c(Nc3nccc(-c4c(-c5ccc(OCC)c(C(=O)Nc6c(F)cccc6F)c5)nc5ccccn45)n3)cc2C)CC1. The zero-order chi connectivity index (χ0) is 37.8. The van der Waals surface area contributed by atoms with E-state index in [2.05, 4.69) is 46.5 Å². The molecular formula is C42H43F2N7O3. The van der Waals surface area contributed by atoms with Crippen molar-refractivity contribution in [3.63, 3.8) is 0 Å². The highest BCUT2D eigenvalue weighted by atomic mass is 19.1. The Hall–Kier alpha value is -5.88. The van der Waals surface area contributed by atoms with E-state index in [0.717, 1.165) is 50.3 Å². The van der Waals surface area contributed by atoms with Crippen molar-refractivity contribution in [1.82, 2.24) is 24.3 Å². The van der Waals surface area contributed by atoms with E-state index in [-0.39, 0.29) is 17.9 Å². The van der Waals surface area contributed by atoms with Gasteiger partial charge in [0.15, 0.2) is 0 Å². The minimum Gasteiger partial charge on any atom is -0.495 e. The summed E-state index contributed by atoms with van der Waals surface area (Å²) in [6.07, 6.45) is 6.97. The van der Waals surface area contributed by atoms with Gasteiger partial charge in [-0.3, -0.25) is 9.20 Å². The second kappa shape index (κ2) is 16.0. The van der Waals surface area contributed by atoms with Crippen molar-refractivity contribution < 1.29 is 23.0 Å². The Balaban J connectivity index is 1.23. The molecule has 3 aromatic carbocycles. The summed E-state index contributed by atoms with van der Waals surface area (Å²) >= 11 is 0. The number of nitrogens with one attached hydrogen (secondary N) is 2. The smallest absolute Gasteiger partial charge is 0.259 e. The quantitative estimate of drug-likeness (QED) is 0.129. The maximum Gasteiger partial charge on any atom is 0.259 e. The lowest BCUT2D eigenvalue weighted by Gasteiger charge is -2.33. The maximum absolute atomic E-state index is 14.5. The number of hydrogen-bond donors (Lipinski definition) is 2. The van der Waals surface area contributed by atoms with Crippen molar-refractivity contribution in [1.29, 1.82) is 0 Å². The van der Waals surface area contributed by atoms with E-state index in [4.69, 9.17) is 19.4 Å². The molecule has 0 spiro atoms. The molecule has 4 heterocycles. The number of nitrogens with zero attached hydrogens (tertiary/aromatic N) is 5. The van der Waals surface area contributed by atoms with Crippen LogP contribution < -0.4 is 20.1 Å². The number of likely N-dealkylation sites (tertiary alicyclic amines) is 1. The number of rotatable bonds is 12. The van der Waals surface area contributed by atoms with Gasteiger partial charge in [0.1, 0.15) is 34.5 Å². The van der Waals surface area contributed by atoms with Crippen LogP contribution in [0.2, 0.25) is 0 Å². The number of amides is 1. The third-order valence-corrected chi connectivity index (χ3v) is 9.83. The van der Waals surface area contributed by atoms with E-state index >= 15 is 0 Å². The maximum atomic E-state index is 14.5. The molecular weight excluding hydrogens is 689 g/mol. The van der Waals surface area contributed by atoms with Crippen LogP contribution in [0.5, 0.6) is 11.5 Å². The summed E-state index contributed by atoms with van der Waals surface area (Å²) in [6.45, 7) is 9.77. The fourth-order valence-electron chi connectivity index (χ4n) is 7.24. The van der Waals surface area contributed by atoms with Crippen LogP contribution in [0.15, 0.2) is 85.2 Å². The van der Waals surface area contributed by atoms with E-state index in [1.54, 1.807) is 44.5 Å². The third-order valence-electron chi connectivity index (χ3n) is 9.83. The number of halogens is 2. The molecule has 1 aliphatic heterocycles. The molecule has 1 saturated heterocycles. The van der Waals surface area contributed by atoms with E-state index in [1.165, 1.54) is 23.6 Å². The molecule has 0 bridgehead atoms. The summed E-state index contributed by atoms with van der Waals surface area (Å²) in [7, 11) is 1.67. The number of aromatic nitrogens is 4. The standard InChI is InChI=1S/C42H43F2N7O3/c1-5-19-50-21-16-27(17-22-50)29-25-36(53-4)34(23-26(29)3)47-42-45-18-15-33(46-42)40-38(48-37-12-7-8-20-51(37)40)28-13-14-35(54-6-2)30(24-28)41(52)49-39-31(43)10-9-11-32(39)44/h7-15,18,20,23-25,27H,5-6,16-17,19,21-22H2,1-4H3,(H,49,52)(H,45,46,47). The molecule has 1 aliphatic rings. The molecule has 0 saturated carbocycles. The first-order valence-corrected chi connectivity index (χ1v) is 18.3. The van der Waals surface area contributed by atoms with Gasteiger partial charge in [-0.05, 0) is 130 Å². The number of aryl methyl sites for hydroxylation is 1. The molecule has 0 aliphatic carbocycles. The van der Waals surface area contributed by atoms with E-state index in [9.17, 15) is 13.6 Å². The van der Waals surface area contributed by atoms with Crippen LogP contribution in [0, 0.1) is 18.6 Å². The van der Waals surface area contributed by atoms with Gasteiger partial charge in [0, 0.05) is 18.0 Å². The Morgan fingerprint density at radius 2 is 1.74 bits per heavy atom. The van der Waals surface area contributed by atoms with Crippen LogP contribution >= 0.6 is 0 Å². The van der Waals surface area contributed by atoms with Crippen molar-refractivity contribution in [2.75, 3.05) is 44.0 Å². The van der Waals surface area contributed by atoms with Gasteiger partial charge in [-0.1, -0.05) is 19.1 Å². The number of carbonyl (C=O) groups is 1. The number of benzene rings is 3. The van der Waals surface area contributed by atoms with Crippen molar-refractivity contribution in [3.8, 4) is 34.1 Å². The number of para-hydroxylation sites is 1. The molecule has 1 amide bonds. The number of carbonyl (C=O) groups excluding carboxylic acids is 1. The van der Waals surface area contributed by atoms with Crippen LogP contribution in [0.1, 0.15) is 60.5 Å². The lowest BCUT2D eigenvalue weighted by atomic mass is 9.86. The van der Waals surface area contributed by atoms with Gasteiger partial charge in [-0.15, -0.1) is 0 Å². The second-order valence-electron chi connectivity index (χ2n) is 13.3. The molecule has 6 aromatic rings. The van der Waals surface area contributed by atoms with Crippen molar-refractivity contribution in [3.05, 3.63) is 114 Å². The molecule has 3 aromatic heterocycles. The van der Waals surface area contributed by atoms with Gasteiger partial charge < -0.3 is 25.0 Å². The molecule has 278 valence electrons. The average molecular weight is 732 g/mol.